The van der Waals surface area contributed by atoms with E-state index in [0.29, 0.717) is 39.9 Å². The summed E-state index contributed by atoms with van der Waals surface area (Å²) in [4.78, 5) is 8.59. The average molecular weight is 861 g/mol. The molecule has 0 atom stereocenters. The van der Waals surface area contributed by atoms with Gasteiger partial charge in [-0.1, -0.05) is 108 Å². The number of halogens is 6. The van der Waals surface area contributed by atoms with Crippen molar-refractivity contribution in [3.05, 3.63) is 209 Å². The number of benzene rings is 8. The number of rotatable bonds is 3. The summed E-state index contributed by atoms with van der Waals surface area (Å²) in [5.41, 5.74) is 6.53. The molecule has 2 nitrogen and oxygen atoms in total. The number of hydrogen-bond donors (Lipinski definition) is 0. The number of alkyl halides is 6. The van der Waals surface area contributed by atoms with E-state index in [1.807, 2.05) is 109 Å². The smallest absolute Gasteiger partial charge is 0.335 e. The second-order valence-electron chi connectivity index (χ2n) is 15.9. The van der Waals surface area contributed by atoms with Gasteiger partial charge in [0, 0.05) is 31.8 Å². The zero-order chi connectivity index (χ0) is 42.1. The molecule has 2 aliphatic heterocycles. The molecule has 8 aromatic rings. The van der Waals surface area contributed by atoms with E-state index in [-0.39, 0.29) is 0 Å². The van der Waals surface area contributed by atoms with E-state index in [9.17, 15) is 26.3 Å². The van der Waals surface area contributed by atoms with Crippen LogP contribution in [0.5, 0.6) is 0 Å². The van der Waals surface area contributed by atoms with Crippen LogP contribution in [-0.2, 0) is 24.3 Å². The molecule has 302 valence electrons. The van der Waals surface area contributed by atoms with Crippen molar-refractivity contribution in [3.8, 4) is 22.3 Å². The molecule has 0 aromatic heterocycles. The van der Waals surface area contributed by atoms with Gasteiger partial charge in [-0.15, -0.1) is 0 Å². The molecule has 2 aliphatic carbocycles. The Balaban J connectivity index is 1.14. The molecule has 4 aliphatic rings. The first-order valence-corrected chi connectivity index (χ1v) is 21.6. The molecule has 0 unspecified atom stereocenters. The second-order valence-corrected chi connectivity index (χ2v) is 18.0. The summed E-state index contributed by atoms with van der Waals surface area (Å²) < 4.78 is 89.2. The standard InChI is InChI=1S/C52H30F6N2S2/c53-51(54,55)31-18-22-35-36-23-19-32(52(56,57)58)27-40(36)50(39(35)26-31)38-25-30(29-59-42-9-1-5-13-46(42)61-47-14-6-2-10-43(47)59)17-21-34(38)37-24-20-33(28-41(37)50)60-44-11-3-7-15-48(44)62-49-16-8-4-12-45(49)60/h1-28H,29H2. The lowest BCUT2D eigenvalue weighted by molar-refractivity contribution is -0.138. The highest BCUT2D eigenvalue weighted by Gasteiger charge is 2.54. The first-order chi connectivity index (χ1) is 30.0. The maximum atomic E-state index is 14.9. The summed E-state index contributed by atoms with van der Waals surface area (Å²) in [5.74, 6) is 0. The molecule has 1 spiro atoms. The number of para-hydroxylation sites is 4. The van der Waals surface area contributed by atoms with Crippen molar-refractivity contribution in [3.63, 3.8) is 0 Å². The molecule has 0 N–H and O–H groups in total. The topological polar surface area (TPSA) is 6.48 Å². The van der Waals surface area contributed by atoms with E-state index in [0.717, 1.165) is 89.0 Å². The largest absolute Gasteiger partial charge is 0.416 e. The van der Waals surface area contributed by atoms with E-state index >= 15 is 0 Å². The highest BCUT2D eigenvalue weighted by atomic mass is 32.2. The molecule has 0 bridgehead atoms. The van der Waals surface area contributed by atoms with Gasteiger partial charge in [-0.25, -0.2) is 0 Å². The van der Waals surface area contributed by atoms with E-state index in [4.69, 9.17) is 0 Å². The lowest BCUT2D eigenvalue weighted by Gasteiger charge is -2.35. The van der Waals surface area contributed by atoms with Crippen molar-refractivity contribution in [2.45, 2.75) is 43.9 Å². The Morgan fingerprint density at radius 2 is 0.790 bits per heavy atom. The fourth-order valence-electron chi connectivity index (χ4n) is 9.97. The zero-order valence-corrected chi connectivity index (χ0v) is 34.0. The third-order valence-electron chi connectivity index (χ3n) is 12.5. The van der Waals surface area contributed by atoms with E-state index in [2.05, 4.69) is 34.1 Å². The Labute approximate surface area is 361 Å². The molecular weight excluding hydrogens is 831 g/mol. The van der Waals surface area contributed by atoms with Crippen LogP contribution in [0.15, 0.2) is 189 Å². The molecule has 62 heavy (non-hydrogen) atoms. The van der Waals surface area contributed by atoms with Crippen molar-refractivity contribution < 1.29 is 26.3 Å². The first-order valence-electron chi connectivity index (χ1n) is 20.0. The van der Waals surface area contributed by atoms with Gasteiger partial charge in [0.2, 0.25) is 0 Å². The van der Waals surface area contributed by atoms with Crippen LogP contribution in [0.4, 0.5) is 54.8 Å². The zero-order valence-electron chi connectivity index (χ0n) is 32.4. The number of anilines is 5. The summed E-state index contributed by atoms with van der Waals surface area (Å²) in [6, 6.07) is 51.6. The highest BCUT2D eigenvalue weighted by Crippen LogP contribution is 2.65. The number of nitrogens with zero attached hydrogens (tertiary/aromatic N) is 2. The van der Waals surface area contributed by atoms with Gasteiger partial charge in [0.15, 0.2) is 0 Å². The van der Waals surface area contributed by atoms with Crippen molar-refractivity contribution in [2.24, 2.45) is 0 Å². The lowest BCUT2D eigenvalue weighted by Crippen LogP contribution is -2.28. The minimum absolute atomic E-state index is 0.302. The highest BCUT2D eigenvalue weighted by molar-refractivity contribution is 8.00. The maximum absolute atomic E-state index is 14.9. The van der Waals surface area contributed by atoms with Crippen LogP contribution < -0.4 is 9.80 Å². The summed E-state index contributed by atoms with van der Waals surface area (Å²) in [6.07, 6.45) is -9.41. The molecular formula is C52H30F6N2S2. The van der Waals surface area contributed by atoms with Crippen LogP contribution in [0, 0.1) is 0 Å². The molecule has 0 fully saturated rings. The molecule has 10 heteroatoms. The van der Waals surface area contributed by atoms with E-state index in [1.54, 1.807) is 23.5 Å². The molecule has 0 radical (unpaired) electrons. The summed E-state index contributed by atoms with van der Waals surface area (Å²) in [5, 5.41) is 0. The third kappa shape index (κ3) is 5.42. The predicted molar refractivity (Wildman–Crippen MR) is 234 cm³/mol. The normalized spacial score (nSPS) is 14.9. The van der Waals surface area contributed by atoms with E-state index < -0.39 is 28.9 Å². The Morgan fingerprint density at radius 1 is 0.403 bits per heavy atom. The number of hydrogen-bond acceptors (Lipinski definition) is 4. The Morgan fingerprint density at radius 3 is 1.27 bits per heavy atom. The van der Waals surface area contributed by atoms with Gasteiger partial charge in [-0.05, 0) is 135 Å². The van der Waals surface area contributed by atoms with Crippen molar-refractivity contribution in [1.29, 1.82) is 0 Å². The molecule has 0 saturated carbocycles. The maximum Gasteiger partial charge on any atom is 0.416 e. The SMILES string of the molecule is FC(F)(F)c1ccc2c(c1)C1(c3cc(CN4c5ccccc5Sc5ccccc54)ccc3-c3ccc(N4c5ccccc5Sc5ccccc54)cc31)c1cc(C(F)(F)F)ccc1-2. The third-order valence-corrected chi connectivity index (χ3v) is 14.8. The number of fused-ring (bicyclic) bond motifs is 14. The quantitative estimate of drug-likeness (QED) is 0.163. The fourth-order valence-corrected chi connectivity index (χ4v) is 12.1. The molecule has 0 amide bonds. The first kappa shape index (κ1) is 37.4. The minimum Gasteiger partial charge on any atom is -0.335 e. The van der Waals surface area contributed by atoms with Gasteiger partial charge in [0.1, 0.15) is 0 Å². The van der Waals surface area contributed by atoms with E-state index in [1.165, 1.54) is 12.1 Å². The van der Waals surface area contributed by atoms with Gasteiger partial charge in [-0.3, -0.25) is 0 Å². The van der Waals surface area contributed by atoms with Gasteiger partial charge >= 0.3 is 12.4 Å². The van der Waals surface area contributed by atoms with Gasteiger partial charge in [-0.2, -0.15) is 26.3 Å². The summed E-state index contributed by atoms with van der Waals surface area (Å²) in [6.45, 7) is 0.406. The van der Waals surface area contributed by atoms with Crippen molar-refractivity contribution in [2.75, 3.05) is 9.80 Å². The summed E-state index contributed by atoms with van der Waals surface area (Å²) in [7, 11) is 0. The van der Waals surface area contributed by atoms with Crippen molar-refractivity contribution >= 4 is 52.0 Å². The van der Waals surface area contributed by atoms with Crippen molar-refractivity contribution in [1.82, 2.24) is 0 Å². The van der Waals surface area contributed by atoms with Crippen LogP contribution in [0.3, 0.4) is 0 Å². The Bertz CT molecular complexity index is 3040. The lowest BCUT2D eigenvalue weighted by atomic mass is 9.69. The average Bonchev–Trinajstić information content (AvgIpc) is 3.73. The molecule has 12 rings (SSSR count). The molecule has 2 heterocycles. The monoisotopic (exact) mass is 860 g/mol. The van der Waals surface area contributed by atoms with Gasteiger partial charge < -0.3 is 9.80 Å². The van der Waals surface area contributed by atoms with Crippen LogP contribution in [-0.4, -0.2) is 0 Å². The Hall–Kier alpha value is -6.36. The Kier molecular flexibility index (Phi) is 8.04. The van der Waals surface area contributed by atoms with Gasteiger partial charge in [0.25, 0.3) is 0 Å². The predicted octanol–water partition coefficient (Wildman–Crippen LogP) is 15.8. The van der Waals surface area contributed by atoms with Crippen LogP contribution in [0.1, 0.15) is 38.9 Å². The van der Waals surface area contributed by atoms with Crippen LogP contribution in [0.25, 0.3) is 22.3 Å². The second kappa shape index (κ2) is 13.3. The molecule has 0 saturated heterocycles. The summed E-state index contributed by atoms with van der Waals surface area (Å²) >= 11 is 3.34. The van der Waals surface area contributed by atoms with Crippen LogP contribution in [0.2, 0.25) is 0 Å². The van der Waals surface area contributed by atoms with Crippen LogP contribution >= 0.6 is 23.5 Å². The van der Waals surface area contributed by atoms with Gasteiger partial charge in [0.05, 0.1) is 39.3 Å². The fraction of sp³-hybridized carbons (Fsp3) is 0.0769. The molecule has 8 aromatic carbocycles. The minimum atomic E-state index is -4.71.